The lowest BCUT2D eigenvalue weighted by Crippen LogP contribution is -2.53. The number of pyridine rings is 1. The van der Waals surface area contributed by atoms with Crippen LogP contribution in [0.15, 0.2) is 60.8 Å². The summed E-state index contributed by atoms with van der Waals surface area (Å²) in [6.07, 6.45) is 1.76. The second kappa shape index (κ2) is 10.8. The number of amides is 1. The molecule has 1 aromatic heterocycles. The van der Waals surface area contributed by atoms with Crippen molar-refractivity contribution < 1.29 is 19.0 Å². The molecule has 1 fully saturated rings. The van der Waals surface area contributed by atoms with Crippen molar-refractivity contribution in [2.75, 3.05) is 26.2 Å². The zero-order chi connectivity index (χ0) is 24.1. The molecule has 1 saturated heterocycles. The lowest BCUT2D eigenvalue weighted by Gasteiger charge is -2.39. The molecule has 178 valence electrons. The van der Waals surface area contributed by atoms with Crippen LogP contribution >= 0.6 is 0 Å². The van der Waals surface area contributed by atoms with Crippen LogP contribution in [0.3, 0.4) is 0 Å². The van der Waals surface area contributed by atoms with Crippen LogP contribution in [-0.2, 0) is 6.54 Å². The summed E-state index contributed by atoms with van der Waals surface area (Å²) in [5.74, 6) is 0.0219. The standard InChI is InChI=1S/C27H30FN3O3/c1-18(2)20-5-3-19(4-6-20)15-31-16-23(17-31)34-22-8-10-26(30-14-22)21-7-9-24(25(28)13-21)27(33)29-11-12-32/h3-10,13-14,18,23,32H,11-12,15-17H2,1-2H3,(H,29,33). The Bertz CT molecular complexity index is 1110. The second-order valence-corrected chi connectivity index (χ2v) is 8.88. The first kappa shape index (κ1) is 23.9. The van der Waals surface area contributed by atoms with E-state index in [0.717, 1.165) is 19.6 Å². The van der Waals surface area contributed by atoms with E-state index in [4.69, 9.17) is 9.84 Å². The van der Waals surface area contributed by atoms with Crippen LogP contribution in [-0.4, -0.2) is 53.2 Å². The van der Waals surface area contributed by atoms with Gasteiger partial charge >= 0.3 is 0 Å². The Morgan fingerprint density at radius 3 is 2.56 bits per heavy atom. The van der Waals surface area contributed by atoms with Gasteiger partial charge in [-0.25, -0.2) is 4.39 Å². The summed E-state index contributed by atoms with van der Waals surface area (Å²) in [6.45, 7) is 6.91. The SMILES string of the molecule is CC(C)c1ccc(CN2CC(Oc3ccc(-c4ccc(C(=O)NCCO)c(F)c4)nc3)C2)cc1. The largest absolute Gasteiger partial charge is 0.486 e. The average Bonchev–Trinajstić information content (AvgIpc) is 2.82. The highest BCUT2D eigenvalue weighted by atomic mass is 19.1. The number of nitrogens with zero attached hydrogens (tertiary/aromatic N) is 2. The van der Waals surface area contributed by atoms with Gasteiger partial charge in [0.2, 0.25) is 0 Å². The van der Waals surface area contributed by atoms with Crippen LogP contribution in [0.5, 0.6) is 5.75 Å². The number of likely N-dealkylation sites (tertiary alicyclic amines) is 1. The molecule has 2 N–H and O–H groups in total. The number of carbonyl (C=O) groups excluding carboxylic acids is 1. The summed E-state index contributed by atoms with van der Waals surface area (Å²) >= 11 is 0. The summed E-state index contributed by atoms with van der Waals surface area (Å²) in [6, 6.07) is 16.8. The number of hydrogen-bond donors (Lipinski definition) is 2. The van der Waals surface area contributed by atoms with Crippen molar-refractivity contribution in [2.24, 2.45) is 0 Å². The van der Waals surface area contributed by atoms with Gasteiger partial charge in [0.05, 0.1) is 24.1 Å². The molecule has 0 unspecified atom stereocenters. The number of aromatic nitrogens is 1. The number of aliphatic hydroxyl groups excluding tert-OH is 1. The predicted octanol–water partition coefficient (Wildman–Crippen LogP) is 4.00. The number of benzene rings is 2. The van der Waals surface area contributed by atoms with Crippen molar-refractivity contribution in [3.8, 4) is 17.0 Å². The molecule has 7 heteroatoms. The summed E-state index contributed by atoms with van der Waals surface area (Å²) in [5.41, 5.74) is 3.75. The van der Waals surface area contributed by atoms with Gasteiger partial charge in [-0.15, -0.1) is 0 Å². The molecule has 2 heterocycles. The maximum Gasteiger partial charge on any atom is 0.254 e. The normalized spacial score (nSPS) is 14.1. The van der Waals surface area contributed by atoms with Crippen molar-refractivity contribution in [2.45, 2.75) is 32.4 Å². The molecular formula is C27H30FN3O3. The van der Waals surface area contributed by atoms with E-state index in [9.17, 15) is 9.18 Å². The zero-order valence-corrected chi connectivity index (χ0v) is 19.5. The quantitative estimate of drug-likeness (QED) is 0.502. The lowest BCUT2D eigenvalue weighted by atomic mass is 10.0. The lowest BCUT2D eigenvalue weighted by molar-refractivity contribution is 0.0144. The molecule has 0 spiro atoms. The smallest absolute Gasteiger partial charge is 0.254 e. The van der Waals surface area contributed by atoms with Crippen LogP contribution in [0.1, 0.15) is 41.3 Å². The Balaban J connectivity index is 1.28. The van der Waals surface area contributed by atoms with E-state index >= 15 is 0 Å². The van der Waals surface area contributed by atoms with E-state index in [-0.39, 0.29) is 24.8 Å². The molecule has 6 nitrogen and oxygen atoms in total. The summed E-state index contributed by atoms with van der Waals surface area (Å²) in [4.78, 5) is 18.7. The minimum absolute atomic E-state index is 0.0671. The maximum absolute atomic E-state index is 14.4. The highest BCUT2D eigenvalue weighted by molar-refractivity contribution is 5.94. The van der Waals surface area contributed by atoms with Gasteiger partial charge in [0.15, 0.2) is 0 Å². The van der Waals surface area contributed by atoms with Gasteiger partial charge in [0, 0.05) is 31.7 Å². The summed E-state index contributed by atoms with van der Waals surface area (Å²) < 4.78 is 20.4. The third kappa shape index (κ3) is 5.79. The molecule has 0 saturated carbocycles. The molecule has 3 aromatic rings. The zero-order valence-electron chi connectivity index (χ0n) is 19.5. The highest BCUT2D eigenvalue weighted by Gasteiger charge is 2.28. The monoisotopic (exact) mass is 463 g/mol. The number of carbonyl (C=O) groups is 1. The third-order valence-electron chi connectivity index (χ3n) is 5.92. The minimum Gasteiger partial charge on any atom is -0.486 e. The van der Waals surface area contributed by atoms with Crippen LogP contribution in [0.4, 0.5) is 4.39 Å². The summed E-state index contributed by atoms with van der Waals surface area (Å²) in [5, 5.41) is 11.2. The maximum atomic E-state index is 14.4. The van der Waals surface area contributed by atoms with Gasteiger partial charge in [0.1, 0.15) is 17.7 Å². The average molecular weight is 464 g/mol. The van der Waals surface area contributed by atoms with Gasteiger partial charge in [-0.2, -0.15) is 0 Å². The minimum atomic E-state index is -0.636. The molecule has 1 amide bonds. The van der Waals surface area contributed by atoms with E-state index in [0.29, 0.717) is 22.9 Å². The molecule has 0 bridgehead atoms. The molecule has 0 aliphatic carbocycles. The van der Waals surface area contributed by atoms with E-state index < -0.39 is 11.7 Å². The number of hydrogen-bond acceptors (Lipinski definition) is 5. The van der Waals surface area contributed by atoms with Crippen molar-refractivity contribution in [1.29, 1.82) is 0 Å². The molecule has 1 aliphatic heterocycles. The van der Waals surface area contributed by atoms with E-state index in [2.05, 4.69) is 53.3 Å². The second-order valence-electron chi connectivity index (χ2n) is 8.88. The molecular weight excluding hydrogens is 433 g/mol. The van der Waals surface area contributed by atoms with Crippen molar-refractivity contribution in [3.05, 3.63) is 83.3 Å². The first-order valence-corrected chi connectivity index (χ1v) is 11.6. The number of ether oxygens (including phenoxy) is 1. The van der Waals surface area contributed by atoms with Gasteiger partial charge in [-0.05, 0) is 41.3 Å². The van der Waals surface area contributed by atoms with Crippen LogP contribution < -0.4 is 10.1 Å². The Morgan fingerprint density at radius 2 is 1.94 bits per heavy atom. The molecule has 0 atom stereocenters. The molecule has 4 rings (SSSR count). The predicted molar refractivity (Wildman–Crippen MR) is 129 cm³/mol. The van der Waals surface area contributed by atoms with E-state index in [1.807, 2.05) is 6.07 Å². The topological polar surface area (TPSA) is 74.7 Å². The van der Waals surface area contributed by atoms with Gasteiger partial charge in [0.25, 0.3) is 5.91 Å². The highest BCUT2D eigenvalue weighted by Crippen LogP contribution is 2.24. The molecule has 1 aliphatic rings. The fourth-order valence-electron chi connectivity index (χ4n) is 3.93. The Labute approximate surface area is 199 Å². The van der Waals surface area contributed by atoms with Gasteiger partial charge < -0.3 is 15.2 Å². The third-order valence-corrected chi connectivity index (χ3v) is 5.92. The van der Waals surface area contributed by atoms with Crippen molar-refractivity contribution in [3.63, 3.8) is 0 Å². The van der Waals surface area contributed by atoms with E-state index in [1.165, 1.54) is 23.3 Å². The van der Waals surface area contributed by atoms with Gasteiger partial charge in [-0.1, -0.05) is 44.2 Å². The van der Waals surface area contributed by atoms with Crippen LogP contribution in [0.25, 0.3) is 11.3 Å². The first-order valence-electron chi connectivity index (χ1n) is 11.6. The van der Waals surface area contributed by atoms with Crippen LogP contribution in [0.2, 0.25) is 0 Å². The van der Waals surface area contributed by atoms with Crippen LogP contribution in [0, 0.1) is 5.82 Å². The Hall–Kier alpha value is -3.29. The number of aliphatic hydroxyl groups is 1. The van der Waals surface area contributed by atoms with Crippen molar-refractivity contribution in [1.82, 2.24) is 15.2 Å². The molecule has 34 heavy (non-hydrogen) atoms. The molecule has 2 aromatic carbocycles. The van der Waals surface area contributed by atoms with Crippen molar-refractivity contribution >= 4 is 5.91 Å². The molecule has 0 radical (unpaired) electrons. The fraction of sp³-hybridized carbons (Fsp3) is 0.333. The van der Waals surface area contributed by atoms with E-state index in [1.54, 1.807) is 18.3 Å². The van der Waals surface area contributed by atoms with Gasteiger partial charge in [-0.3, -0.25) is 14.7 Å². The number of nitrogens with one attached hydrogen (secondary N) is 1. The Morgan fingerprint density at radius 1 is 1.18 bits per heavy atom. The number of halogens is 1. The Kier molecular flexibility index (Phi) is 7.55. The number of rotatable bonds is 9. The fourth-order valence-corrected chi connectivity index (χ4v) is 3.93. The first-order chi connectivity index (χ1) is 16.4. The summed E-state index contributed by atoms with van der Waals surface area (Å²) in [7, 11) is 0.